The van der Waals surface area contributed by atoms with Crippen molar-refractivity contribution in [3.8, 4) is 0 Å². The molecular weight excluding hydrogens is 218 g/mol. The van der Waals surface area contributed by atoms with Crippen LogP contribution < -0.4 is 5.73 Å². The summed E-state index contributed by atoms with van der Waals surface area (Å²) in [5.41, 5.74) is 5.41. The standard InChI is InChI=1S/C12H25N3O2/c1-15(8-4-2-7-12(13)14-16)10-11-6-3-5-9-17-11/h11,16H,2-10H2,1H3,(H2,13,14). The van der Waals surface area contributed by atoms with Gasteiger partial charge in [-0.25, -0.2) is 0 Å². The minimum Gasteiger partial charge on any atom is -0.409 e. The van der Waals surface area contributed by atoms with Crippen molar-refractivity contribution in [2.75, 3.05) is 26.7 Å². The van der Waals surface area contributed by atoms with Gasteiger partial charge < -0.3 is 20.6 Å². The van der Waals surface area contributed by atoms with Gasteiger partial charge in [0.05, 0.1) is 6.10 Å². The Morgan fingerprint density at radius 2 is 2.29 bits per heavy atom. The zero-order valence-corrected chi connectivity index (χ0v) is 10.8. The Hall–Kier alpha value is -0.810. The fraction of sp³-hybridized carbons (Fsp3) is 0.917. The molecule has 1 aliphatic rings. The summed E-state index contributed by atoms with van der Waals surface area (Å²) in [6.45, 7) is 2.98. The number of amidine groups is 1. The Balaban J connectivity index is 2.02. The Labute approximate surface area is 104 Å². The monoisotopic (exact) mass is 243 g/mol. The van der Waals surface area contributed by atoms with Crippen LogP contribution in [-0.2, 0) is 4.74 Å². The number of nitrogens with two attached hydrogens (primary N) is 1. The molecule has 1 fully saturated rings. The summed E-state index contributed by atoms with van der Waals surface area (Å²) < 4.78 is 5.70. The Kier molecular flexibility index (Phi) is 6.96. The lowest BCUT2D eigenvalue weighted by Crippen LogP contribution is -2.33. The van der Waals surface area contributed by atoms with Crippen LogP contribution in [0.1, 0.15) is 38.5 Å². The van der Waals surface area contributed by atoms with Gasteiger partial charge in [0.25, 0.3) is 0 Å². The van der Waals surface area contributed by atoms with Gasteiger partial charge in [-0.15, -0.1) is 0 Å². The van der Waals surface area contributed by atoms with E-state index in [1.807, 2.05) is 0 Å². The summed E-state index contributed by atoms with van der Waals surface area (Å²) in [6.07, 6.45) is 6.81. The first kappa shape index (κ1) is 14.3. The predicted molar refractivity (Wildman–Crippen MR) is 68.3 cm³/mol. The van der Waals surface area contributed by atoms with Crippen LogP contribution in [0.4, 0.5) is 0 Å². The Morgan fingerprint density at radius 1 is 1.47 bits per heavy atom. The molecule has 3 N–H and O–H groups in total. The predicted octanol–water partition coefficient (Wildman–Crippen LogP) is 1.40. The van der Waals surface area contributed by atoms with Gasteiger partial charge in [-0.05, 0) is 45.7 Å². The largest absolute Gasteiger partial charge is 0.409 e. The maximum atomic E-state index is 8.40. The molecule has 0 saturated carbocycles. The van der Waals surface area contributed by atoms with Gasteiger partial charge in [0, 0.05) is 19.6 Å². The van der Waals surface area contributed by atoms with Crippen LogP contribution >= 0.6 is 0 Å². The zero-order chi connectivity index (χ0) is 12.5. The van der Waals surface area contributed by atoms with Crippen LogP contribution in [0.5, 0.6) is 0 Å². The van der Waals surface area contributed by atoms with Crippen LogP contribution in [0.2, 0.25) is 0 Å². The lowest BCUT2D eigenvalue weighted by Gasteiger charge is -2.27. The molecule has 0 amide bonds. The summed E-state index contributed by atoms with van der Waals surface area (Å²) in [5, 5.41) is 11.4. The molecule has 1 atom stereocenters. The Morgan fingerprint density at radius 3 is 2.94 bits per heavy atom. The van der Waals surface area contributed by atoms with Gasteiger partial charge in [0.2, 0.25) is 0 Å². The molecular formula is C12H25N3O2. The van der Waals surface area contributed by atoms with Gasteiger partial charge in [0.1, 0.15) is 5.84 Å². The van der Waals surface area contributed by atoms with Gasteiger partial charge in [0.15, 0.2) is 0 Å². The van der Waals surface area contributed by atoms with Crippen LogP contribution in [0.3, 0.4) is 0 Å². The number of hydrogen-bond donors (Lipinski definition) is 2. The summed E-state index contributed by atoms with van der Waals surface area (Å²) >= 11 is 0. The summed E-state index contributed by atoms with van der Waals surface area (Å²) in [7, 11) is 2.13. The molecule has 17 heavy (non-hydrogen) atoms. The SMILES string of the molecule is CN(CCCCC(N)=NO)CC1CCCCO1. The van der Waals surface area contributed by atoms with Crippen molar-refractivity contribution >= 4 is 5.84 Å². The molecule has 100 valence electrons. The van der Waals surface area contributed by atoms with E-state index in [0.717, 1.165) is 32.5 Å². The highest BCUT2D eigenvalue weighted by Crippen LogP contribution is 2.13. The molecule has 0 radical (unpaired) electrons. The second kappa shape index (κ2) is 8.31. The lowest BCUT2D eigenvalue weighted by atomic mass is 10.1. The highest BCUT2D eigenvalue weighted by molar-refractivity contribution is 5.79. The van der Waals surface area contributed by atoms with Gasteiger partial charge in [-0.3, -0.25) is 0 Å². The first-order chi connectivity index (χ1) is 8.22. The molecule has 0 bridgehead atoms. The third kappa shape index (κ3) is 6.48. The molecule has 0 aromatic rings. The van der Waals surface area contributed by atoms with Crippen molar-refractivity contribution in [1.29, 1.82) is 0 Å². The molecule has 1 saturated heterocycles. The van der Waals surface area contributed by atoms with E-state index >= 15 is 0 Å². The first-order valence-corrected chi connectivity index (χ1v) is 6.49. The second-order valence-corrected chi connectivity index (χ2v) is 4.80. The smallest absolute Gasteiger partial charge is 0.139 e. The van der Waals surface area contributed by atoms with E-state index in [0.29, 0.717) is 18.4 Å². The van der Waals surface area contributed by atoms with Gasteiger partial charge >= 0.3 is 0 Å². The molecule has 1 rings (SSSR count). The number of ether oxygens (including phenoxy) is 1. The molecule has 0 spiro atoms. The third-order valence-corrected chi connectivity index (χ3v) is 3.14. The number of rotatable bonds is 7. The van der Waals surface area contributed by atoms with Gasteiger partial charge in [-0.1, -0.05) is 5.16 Å². The van der Waals surface area contributed by atoms with Crippen molar-refractivity contribution in [1.82, 2.24) is 4.90 Å². The minimum absolute atomic E-state index is 0.322. The van der Waals surface area contributed by atoms with E-state index in [2.05, 4.69) is 17.1 Å². The molecule has 0 aromatic heterocycles. The van der Waals surface area contributed by atoms with Crippen LogP contribution in [-0.4, -0.2) is 48.8 Å². The normalized spacial score (nSPS) is 22.0. The lowest BCUT2D eigenvalue weighted by molar-refractivity contribution is -0.00157. The molecule has 5 heteroatoms. The van der Waals surface area contributed by atoms with Crippen molar-refractivity contribution in [2.45, 2.75) is 44.6 Å². The summed E-state index contributed by atoms with van der Waals surface area (Å²) in [4.78, 5) is 2.31. The quantitative estimate of drug-likeness (QED) is 0.233. The first-order valence-electron chi connectivity index (χ1n) is 6.49. The maximum absolute atomic E-state index is 8.40. The molecule has 1 aliphatic heterocycles. The van der Waals surface area contributed by atoms with Crippen LogP contribution in [0, 0.1) is 0 Å². The topological polar surface area (TPSA) is 71.1 Å². The van der Waals surface area contributed by atoms with Gasteiger partial charge in [-0.2, -0.15) is 0 Å². The number of unbranched alkanes of at least 4 members (excludes halogenated alkanes) is 1. The van der Waals surface area contributed by atoms with Crippen molar-refractivity contribution < 1.29 is 9.94 Å². The third-order valence-electron chi connectivity index (χ3n) is 3.14. The van der Waals surface area contributed by atoms with E-state index in [1.54, 1.807) is 0 Å². The van der Waals surface area contributed by atoms with Crippen molar-refractivity contribution in [3.63, 3.8) is 0 Å². The minimum atomic E-state index is 0.322. The Bertz CT molecular complexity index is 228. The highest BCUT2D eigenvalue weighted by Gasteiger charge is 2.15. The van der Waals surface area contributed by atoms with E-state index in [1.165, 1.54) is 19.3 Å². The van der Waals surface area contributed by atoms with E-state index in [-0.39, 0.29) is 0 Å². The number of likely N-dealkylation sites (N-methyl/N-ethyl adjacent to an activating group) is 1. The maximum Gasteiger partial charge on any atom is 0.139 e. The number of oxime groups is 1. The molecule has 5 nitrogen and oxygen atoms in total. The molecule has 0 aliphatic carbocycles. The second-order valence-electron chi connectivity index (χ2n) is 4.80. The number of hydrogen-bond acceptors (Lipinski definition) is 4. The zero-order valence-electron chi connectivity index (χ0n) is 10.8. The molecule has 1 heterocycles. The number of nitrogens with zero attached hydrogens (tertiary/aromatic N) is 2. The molecule has 0 aromatic carbocycles. The summed E-state index contributed by atoms with van der Waals surface area (Å²) in [6, 6.07) is 0. The fourth-order valence-electron chi connectivity index (χ4n) is 2.13. The van der Waals surface area contributed by atoms with Crippen LogP contribution in [0.25, 0.3) is 0 Å². The average Bonchev–Trinajstić information content (AvgIpc) is 2.35. The van der Waals surface area contributed by atoms with Crippen molar-refractivity contribution in [2.24, 2.45) is 10.9 Å². The van der Waals surface area contributed by atoms with Crippen LogP contribution in [0.15, 0.2) is 5.16 Å². The van der Waals surface area contributed by atoms with E-state index < -0.39 is 0 Å². The van der Waals surface area contributed by atoms with E-state index in [9.17, 15) is 0 Å². The molecule has 1 unspecified atom stereocenters. The fourth-order valence-corrected chi connectivity index (χ4v) is 2.13. The van der Waals surface area contributed by atoms with E-state index in [4.69, 9.17) is 15.7 Å². The highest BCUT2D eigenvalue weighted by atomic mass is 16.5. The van der Waals surface area contributed by atoms with Crippen molar-refractivity contribution in [3.05, 3.63) is 0 Å². The average molecular weight is 243 g/mol. The summed E-state index contributed by atoms with van der Waals surface area (Å²) in [5.74, 6) is 0.322.